The number of nitrogens with zero attached hydrogens (tertiary/aromatic N) is 4. The SMILES string of the molecule is Cc1cc2[nH]c(-c3n[nH]c4c3C[C@@H]3C[C@]3(C)C4)nc2cc1N(C)C(=O)CN1CCOC(C)(C)C1. The maximum absolute atomic E-state index is 13.1. The number of H-pyrrole nitrogens is 2. The molecule has 180 valence electrons. The van der Waals surface area contributed by atoms with E-state index in [9.17, 15) is 4.79 Å². The number of ether oxygens (including phenoxy) is 1. The van der Waals surface area contributed by atoms with E-state index in [1.807, 2.05) is 20.0 Å². The van der Waals surface area contributed by atoms with Crippen molar-refractivity contribution in [3.05, 3.63) is 29.0 Å². The van der Waals surface area contributed by atoms with Crippen molar-refractivity contribution in [2.75, 3.05) is 38.2 Å². The molecule has 1 aliphatic heterocycles. The lowest BCUT2D eigenvalue weighted by atomic mass is 9.88. The van der Waals surface area contributed by atoms with Crippen LogP contribution >= 0.6 is 0 Å². The van der Waals surface area contributed by atoms with E-state index in [-0.39, 0.29) is 11.5 Å². The highest BCUT2D eigenvalue weighted by Gasteiger charge is 2.53. The van der Waals surface area contributed by atoms with Crippen molar-refractivity contribution in [3.8, 4) is 11.5 Å². The van der Waals surface area contributed by atoms with E-state index in [1.54, 1.807) is 4.90 Å². The predicted octanol–water partition coefficient (Wildman–Crippen LogP) is 3.46. The number of morpholine rings is 1. The fourth-order valence-corrected chi connectivity index (χ4v) is 5.96. The zero-order valence-corrected chi connectivity index (χ0v) is 20.8. The minimum Gasteiger partial charge on any atom is -0.373 e. The van der Waals surface area contributed by atoms with Crippen LogP contribution in [-0.2, 0) is 22.4 Å². The van der Waals surface area contributed by atoms with Crippen LogP contribution < -0.4 is 4.90 Å². The number of carbonyl (C=O) groups is 1. The van der Waals surface area contributed by atoms with Gasteiger partial charge in [0.05, 0.1) is 29.8 Å². The number of rotatable bonds is 4. The van der Waals surface area contributed by atoms with Gasteiger partial charge in [0, 0.05) is 37.1 Å². The van der Waals surface area contributed by atoms with Crippen LogP contribution in [0.2, 0.25) is 0 Å². The van der Waals surface area contributed by atoms with Crippen molar-refractivity contribution < 1.29 is 9.53 Å². The summed E-state index contributed by atoms with van der Waals surface area (Å²) in [6.07, 6.45) is 3.46. The van der Waals surface area contributed by atoms with Crippen LogP contribution in [-0.4, -0.2) is 69.9 Å². The van der Waals surface area contributed by atoms with Crippen molar-refractivity contribution in [3.63, 3.8) is 0 Å². The second-order valence-corrected chi connectivity index (χ2v) is 11.5. The molecule has 0 unspecified atom stereocenters. The Morgan fingerprint density at radius 3 is 2.94 bits per heavy atom. The molecule has 2 aliphatic carbocycles. The first-order chi connectivity index (χ1) is 16.1. The number of hydrogen-bond donors (Lipinski definition) is 2. The quantitative estimate of drug-likeness (QED) is 0.620. The van der Waals surface area contributed by atoms with Gasteiger partial charge in [-0.25, -0.2) is 4.98 Å². The van der Waals surface area contributed by atoms with E-state index >= 15 is 0 Å². The van der Waals surface area contributed by atoms with E-state index in [0.717, 1.165) is 65.7 Å². The number of fused-ring (bicyclic) bond motifs is 3. The summed E-state index contributed by atoms with van der Waals surface area (Å²) in [6.45, 7) is 11.1. The van der Waals surface area contributed by atoms with E-state index < -0.39 is 0 Å². The molecule has 8 heteroatoms. The lowest BCUT2D eigenvalue weighted by Gasteiger charge is -2.38. The Labute approximate surface area is 200 Å². The molecule has 3 aliphatic rings. The lowest BCUT2D eigenvalue weighted by molar-refractivity contribution is -0.124. The maximum atomic E-state index is 13.1. The van der Waals surface area contributed by atoms with Gasteiger partial charge in [-0.05, 0) is 69.1 Å². The number of likely N-dealkylation sites (N-methyl/N-ethyl adjacent to an activating group) is 1. The van der Waals surface area contributed by atoms with Gasteiger partial charge < -0.3 is 14.6 Å². The molecule has 1 aromatic carbocycles. The molecule has 2 aromatic heterocycles. The van der Waals surface area contributed by atoms with Crippen LogP contribution in [0.4, 0.5) is 5.69 Å². The van der Waals surface area contributed by atoms with Gasteiger partial charge >= 0.3 is 0 Å². The van der Waals surface area contributed by atoms with Gasteiger partial charge in [-0.2, -0.15) is 5.10 Å². The van der Waals surface area contributed by atoms with Crippen molar-refractivity contribution in [2.45, 2.75) is 52.6 Å². The van der Waals surface area contributed by atoms with Crippen LogP contribution in [0.25, 0.3) is 22.6 Å². The van der Waals surface area contributed by atoms with Crippen LogP contribution in [0.15, 0.2) is 12.1 Å². The Morgan fingerprint density at radius 2 is 2.15 bits per heavy atom. The number of aromatic amines is 2. The van der Waals surface area contributed by atoms with Crippen molar-refractivity contribution in [1.82, 2.24) is 25.1 Å². The predicted molar refractivity (Wildman–Crippen MR) is 132 cm³/mol. The normalized spacial score (nSPS) is 25.7. The Morgan fingerprint density at radius 1 is 1.32 bits per heavy atom. The van der Waals surface area contributed by atoms with E-state index in [1.165, 1.54) is 17.7 Å². The maximum Gasteiger partial charge on any atom is 0.240 e. The van der Waals surface area contributed by atoms with Crippen molar-refractivity contribution >= 4 is 22.6 Å². The molecule has 8 nitrogen and oxygen atoms in total. The number of imidazole rings is 1. The molecule has 1 saturated heterocycles. The first-order valence-electron chi connectivity index (χ1n) is 12.3. The van der Waals surface area contributed by atoms with Gasteiger partial charge in [0.1, 0.15) is 5.69 Å². The molecule has 34 heavy (non-hydrogen) atoms. The molecular formula is C26H34N6O2. The zero-order valence-electron chi connectivity index (χ0n) is 20.8. The molecule has 0 bridgehead atoms. The van der Waals surface area contributed by atoms with Crippen LogP contribution in [0, 0.1) is 18.3 Å². The molecule has 3 heterocycles. The molecule has 1 saturated carbocycles. The molecule has 0 spiro atoms. The minimum absolute atomic E-state index is 0.0739. The molecule has 1 amide bonds. The highest BCUT2D eigenvalue weighted by molar-refractivity contribution is 5.97. The van der Waals surface area contributed by atoms with Gasteiger partial charge in [-0.1, -0.05) is 6.92 Å². The summed E-state index contributed by atoms with van der Waals surface area (Å²) in [5.74, 6) is 1.65. The molecular weight excluding hydrogens is 428 g/mol. The number of hydrogen-bond acceptors (Lipinski definition) is 5. The average Bonchev–Trinajstić information content (AvgIpc) is 3.05. The van der Waals surface area contributed by atoms with Crippen LogP contribution in [0.5, 0.6) is 0 Å². The summed E-state index contributed by atoms with van der Waals surface area (Å²) in [5, 5.41) is 7.91. The minimum atomic E-state index is -0.221. The fourth-order valence-electron chi connectivity index (χ4n) is 5.96. The first kappa shape index (κ1) is 21.8. The summed E-state index contributed by atoms with van der Waals surface area (Å²) in [5.41, 5.74) is 7.52. The van der Waals surface area contributed by atoms with Crippen LogP contribution in [0.1, 0.15) is 44.0 Å². The van der Waals surface area contributed by atoms with Crippen LogP contribution in [0.3, 0.4) is 0 Å². The molecule has 3 aromatic rings. The second kappa shape index (κ2) is 7.39. The largest absolute Gasteiger partial charge is 0.373 e. The van der Waals surface area contributed by atoms with Gasteiger partial charge in [-0.3, -0.25) is 14.8 Å². The Balaban J connectivity index is 1.25. The summed E-state index contributed by atoms with van der Waals surface area (Å²) >= 11 is 0. The summed E-state index contributed by atoms with van der Waals surface area (Å²) in [4.78, 5) is 25.4. The Hall–Kier alpha value is -2.71. The van der Waals surface area contributed by atoms with Crippen molar-refractivity contribution in [1.29, 1.82) is 0 Å². The molecule has 6 rings (SSSR count). The third-order valence-corrected chi connectivity index (χ3v) is 8.15. The Bertz CT molecular complexity index is 1290. The summed E-state index contributed by atoms with van der Waals surface area (Å²) < 4.78 is 5.78. The van der Waals surface area contributed by atoms with E-state index in [0.29, 0.717) is 18.6 Å². The number of anilines is 1. The smallest absolute Gasteiger partial charge is 0.240 e. The van der Waals surface area contributed by atoms with E-state index in [2.05, 4.69) is 46.9 Å². The third-order valence-electron chi connectivity index (χ3n) is 8.15. The Kier molecular flexibility index (Phi) is 4.74. The molecule has 2 atom stereocenters. The highest BCUT2D eigenvalue weighted by atomic mass is 16.5. The van der Waals surface area contributed by atoms with Gasteiger partial charge in [0.2, 0.25) is 5.91 Å². The molecule has 2 N–H and O–H groups in total. The fraction of sp³-hybridized carbons (Fsp3) is 0.577. The van der Waals surface area contributed by atoms with Gasteiger partial charge in [0.15, 0.2) is 5.82 Å². The van der Waals surface area contributed by atoms with E-state index in [4.69, 9.17) is 9.72 Å². The third kappa shape index (κ3) is 3.64. The monoisotopic (exact) mass is 462 g/mol. The van der Waals surface area contributed by atoms with Crippen molar-refractivity contribution in [2.24, 2.45) is 11.3 Å². The standard InChI is InChI=1S/C26H34N6O2/c1-15-8-18-19(10-21(15)31(5)22(33)13-32-6-7-34-25(2,3)14-32)28-24(27-18)23-17-9-16-11-26(16,4)12-20(17)29-30-23/h8,10,16H,6-7,9,11-14H2,1-5H3,(H,27,28)(H,29,30)/t16-,26-/m1/s1. The zero-order chi connectivity index (χ0) is 23.8. The highest BCUT2D eigenvalue weighted by Crippen LogP contribution is 2.59. The number of nitrogens with one attached hydrogen (secondary N) is 2. The lowest BCUT2D eigenvalue weighted by Crippen LogP contribution is -2.51. The number of benzene rings is 1. The number of amides is 1. The van der Waals surface area contributed by atoms with Gasteiger partial charge in [-0.15, -0.1) is 0 Å². The topological polar surface area (TPSA) is 90.1 Å². The number of aryl methyl sites for hydroxylation is 1. The van der Waals surface area contributed by atoms with Gasteiger partial charge in [0.25, 0.3) is 0 Å². The number of aromatic nitrogens is 4. The summed E-state index contributed by atoms with van der Waals surface area (Å²) in [7, 11) is 1.85. The number of carbonyl (C=O) groups excluding carboxylic acids is 1. The molecule has 2 fully saturated rings. The molecule has 0 radical (unpaired) electrons. The average molecular weight is 463 g/mol. The first-order valence-corrected chi connectivity index (χ1v) is 12.3. The summed E-state index contributed by atoms with van der Waals surface area (Å²) in [6, 6.07) is 4.10. The second-order valence-electron chi connectivity index (χ2n) is 11.5.